The summed E-state index contributed by atoms with van der Waals surface area (Å²) in [6, 6.07) is 14.6. The molecule has 2 heterocycles. The number of fused-ring (bicyclic) bond motifs is 1. The van der Waals surface area contributed by atoms with Crippen LogP contribution in [0.5, 0.6) is 5.75 Å². The Balaban J connectivity index is 1.48. The molecule has 0 atom stereocenters. The molecule has 0 spiro atoms. The summed E-state index contributed by atoms with van der Waals surface area (Å²) >= 11 is 12.5. The van der Waals surface area contributed by atoms with Crippen LogP contribution in [0.4, 0.5) is 17.3 Å². The van der Waals surface area contributed by atoms with E-state index in [4.69, 9.17) is 27.9 Å². The molecule has 0 radical (unpaired) electrons. The first-order valence-electron chi connectivity index (χ1n) is 11.0. The third-order valence-corrected chi connectivity index (χ3v) is 5.52. The van der Waals surface area contributed by atoms with E-state index in [0.29, 0.717) is 57.2 Å². The van der Waals surface area contributed by atoms with Gasteiger partial charge in [-0.05, 0) is 56.1 Å². The maximum atomic E-state index is 12.2. The number of carbonyl (C=O) groups excluding carboxylic acids is 1. The lowest BCUT2D eigenvalue weighted by molar-refractivity contribution is -0.111. The van der Waals surface area contributed by atoms with E-state index in [-0.39, 0.29) is 5.91 Å². The molecular weight excluding hydrogens is 499 g/mol. The highest BCUT2D eigenvalue weighted by Gasteiger charge is 2.10. The van der Waals surface area contributed by atoms with E-state index >= 15 is 0 Å². The number of nitrogens with one attached hydrogen (secondary N) is 2. The Bertz CT molecular complexity index is 1410. The second-order valence-electron chi connectivity index (χ2n) is 8.15. The predicted molar refractivity (Wildman–Crippen MR) is 144 cm³/mol. The fourth-order valence-corrected chi connectivity index (χ4v) is 3.73. The average molecular weight is 523 g/mol. The molecule has 0 fully saturated rings. The summed E-state index contributed by atoms with van der Waals surface area (Å²) < 4.78 is 5.85. The largest absolute Gasteiger partial charge is 0.487 e. The fraction of sp³-hybridized carbons (Fsp3) is 0.154. The number of aromatic nitrogens is 3. The molecule has 0 unspecified atom stereocenters. The zero-order chi connectivity index (χ0) is 25.5. The van der Waals surface area contributed by atoms with Gasteiger partial charge in [0.15, 0.2) is 0 Å². The molecular formula is C26H24Cl2N6O2. The minimum atomic E-state index is -0.268. The van der Waals surface area contributed by atoms with Crippen LogP contribution in [0.25, 0.3) is 10.9 Å². The first kappa shape index (κ1) is 25.4. The van der Waals surface area contributed by atoms with Crippen molar-refractivity contribution in [2.24, 2.45) is 0 Å². The molecule has 2 aromatic carbocycles. The van der Waals surface area contributed by atoms with Gasteiger partial charge < -0.3 is 20.3 Å². The van der Waals surface area contributed by atoms with Crippen molar-refractivity contribution in [2.75, 3.05) is 31.3 Å². The highest BCUT2D eigenvalue weighted by Crippen LogP contribution is 2.31. The number of nitrogens with zero attached hydrogens (tertiary/aromatic N) is 4. The van der Waals surface area contributed by atoms with Gasteiger partial charge in [0.05, 0.1) is 16.7 Å². The summed E-state index contributed by atoms with van der Waals surface area (Å²) in [6.07, 6.45) is 6.28. The molecule has 0 saturated heterocycles. The number of hydrogen-bond donors (Lipinski definition) is 2. The number of benzene rings is 2. The smallest absolute Gasteiger partial charge is 0.249 e. The molecule has 0 bridgehead atoms. The fourth-order valence-electron chi connectivity index (χ4n) is 3.29. The Morgan fingerprint density at radius 3 is 2.72 bits per heavy atom. The lowest BCUT2D eigenvalue weighted by Crippen LogP contribution is -2.13. The number of hydrogen-bond acceptors (Lipinski definition) is 7. The lowest BCUT2D eigenvalue weighted by Gasteiger charge is -2.12. The molecule has 0 aliphatic carbocycles. The van der Waals surface area contributed by atoms with Crippen molar-refractivity contribution in [2.45, 2.75) is 6.61 Å². The highest BCUT2D eigenvalue weighted by molar-refractivity contribution is 6.32. The van der Waals surface area contributed by atoms with Crippen LogP contribution in [-0.4, -0.2) is 46.4 Å². The number of anilines is 3. The number of rotatable bonds is 9. The minimum absolute atomic E-state index is 0.268. The molecule has 8 nitrogen and oxygen atoms in total. The third-order valence-electron chi connectivity index (χ3n) is 4.99. The molecule has 0 saturated carbocycles. The van der Waals surface area contributed by atoms with E-state index in [1.165, 1.54) is 12.4 Å². The van der Waals surface area contributed by atoms with Gasteiger partial charge in [0, 0.05) is 28.7 Å². The first-order chi connectivity index (χ1) is 17.4. The second kappa shape index (κ2) is 11.8. The molecule has 4 rings (SSSR count). The van der Waals surface area contributed by atoms with E-state index in [2.05, 4.69) is 25.6 Å². The molecule has 0 aliphatic heterocycles. The van der Waals surface area contributed by atoms with E-state index in [9.17, 15) is 4.79 Å². The summed E-state index contributed by atoms with van der Waals surface area (Å²) in [7, 11) is 3.85. The molecule has 10 heteroatoms. The summed E-state index contributed by atoms with van der Waals surface area (Å²) in [5.74, 6) is 1.22. The third kappa shape index (κ3) is 6.91. The van der Waals surface area contributed by atoms with Crippen LogP contribution in [0.2, 0.25) is 10.0 Å². The van der Waals surface area contributed by atoms with Crippen molar-refractivity contribution in [1.82, 2.24) is 19.9 Å². The number of pyridine rings is 1. The van der Waals surface area contributed by atoms with Gasteiger partial charge >= 0.3 is 0 Å². The summed E-state index contributed by atoms with van der Waals surface area (Å²) in [6.45, 7) is 1.00. The zero-order valence-electron chi connectivity index (χ0n) is 19.7. The van der Waals surface area contributed by atoms with Gasteiger partial charge in [-0.1, -0.05) is 41.4 Å². The van der Waals surface area contributed by atoms with Crippen LogP contribution in [0, 0.1) is 0 Å². The maximum absolute atomic E-state index is 12.2. The number of halogens is 2. The summed E-state index contributed by atoms with van der Waals surface area (Å²) in [5.41, 5.74) is 2.28. The van der Waals surface area contributed by atoms with Crippen LogP contribution in [0.15, 0.2) is 73.2 Å². The Morgan fingerprint density at radius 1 is 1.08 bits per heavy atom. The van der Waals surface area contributed by atoms with Gasteiger partial charge in [-0.3, -0.25) is 4.79 Å². The topological polar surface area (TPSA) is 92.3 Å². The Hall–Kier alpha value is -3.72. The second-order valence-corrected chi connectivity index (χ2v) is 9.00. The average Bonchev–Trinajstić information content (AvgIpc) is 2.84. The van der Waals surface area contributed by atoms with Gasteiger partial charge in [0.1, 0.15) is 30.3 Å². The van der Waals surface area contributed by atoms with Crippen LogP contribution in [0.1, 0.15) is 5.56 Å². The predicted octanol–water partition coefficient (Wildman–Crippen LogP) is 5.71. The standard InChI is InChI=1S/C26H24Cl2N6O2/c1-34(2)10-4-7-25(35)33-24-13-20-22(14-29-24)30-16-31-26(20)32-19-8-9-23(21(28)12-19)36-15-17-5-3-6-18(27)11-17/h3-9,11-14,16H,10,15H2,1-2H3,(H,29,33,35)(H,30,31,32). The Labute approximate surface area is 218 Å². The highest BCUT2D eigenvalue weighted by atomic mass is 35.5. The maximum Gasteiger partial charge on any atom is 0.249 e. The normalized spacial score (nSPS) is 11.2. The SMILES string of the molecule is CN(C)CC=CC(=O)Nc1cc2c(Nc3ccc(OCc4cccc(Cl)c4)c(Cl)c3)ncnc2cn1. The number of likely N-dealkylation sites (N-methyl/N-ethyl adjacent to an activating group) is 1. The molecule has 1 amide bonds. The number of carbonyl (C=O) groups is 1. The number of ether oxygens (including phenoxy) is 1. The van der Waals surface area contributed by atoms with Crippen LogP contribution in [-0.2, 0) is 11.4 Å². The first-order valence-corrected chi connectivity index (χ1v) is 11.8. The van der Waals surface area contributed by atoms with Crippen LogP contribution in [0.3, 0.4) is 0 Å². The van der Waals surface area contributed by atoms with Gasteiger partial charge in [-0.25, -0.2) is 15.0 Å². The zero-order valence-corrected chi connectivity index (χ0v) is 21.2. The van der Waals surface area contributed by atoms with E-state index in [0.717, 1.165) is 5.56 Å². The van der Waals surface area contributed by atoms with Gasteiger partial charge in [0.25, 0.3) is 0 Å². The van der Waals surface area contributed by atoms with Gasteiger partial charge in [0.2, 0.25) is 5.91 Å². The number of amides is 1. The van der Waals surface area contributed by atoms with Crippen molar-refractivity contribution in [1.29, 1.82) is 0 Å². The van der Waals surface area contributed by atoms with Gasteiger partial charge in [-0.2, -0.15) is 0 Å². The lowest BCUT2D eigenvalue weighted by atomic mass is 10.2. The Morgan fingerprint density at radius 2 is 1.94 bits per heavy atom. The van der Waals surface area contributed by atoms with Crippen molar-refractivity contribution in [3.8, 4) is 5.75 Å². The Kier molecular flexibility index (Phi) is 8.32. The van der Waals surface area contributed by atoms with Crippen LogP contribution >= 0.6 is 23.2 Å². The van der Waals surface area contributed by atoms with E-state index < -0.39 is 0 Å². The van der Waals surface area contributed by atoms with E-state index in [1.807, 2.05) is 49.3 Å². The van der Waals surface area contributed by atoms with E-state index in [1.54, 1.807) is 30.5 Å². The molecule has 2 N–H and O–H groups in total. The van der Waals surface area contributed by atoms with Crippen molar-refractivity contribution >= 4 is 57.3 Å². The summed E-state index contributed by atoms with van der Waals surface area (Å²) in [5, 5.41) is 7.80. The molecule has 4 aromatic rings. The molecule has 184 valence electrons. The molecule has 0 aliphatic rings. The summed E-state index contributed by atoms with van der Waals surface area (Å²) in [4.78, 5) is 27.1. The van der Waals surface area contributed by atoms with Crippen molar-refractivity contribution in [3.05, 3.63) is 88.8 Å². The van der Waals surface area contributed by atoms with Crippen molar-refractivity contribution in [3.63, 3.8) is 0 Å². The minimum Gasteiger partial charge on any atom is -0.487 e. The van der Waals surface area contributed by atoms with Crippen LogP contribution < -0.4 is 15.4 Å². The van der Waals surface area contributed by atoms with Crippen molar-refractivity contribution < 1.29 is 9.53 Å². The van der Waals surface area contributed by atoms with Gasteiger partial charge in [-0.15, -0.1) is 0 Å². The molecule has 36 heavy (non-hydrogen) atoms. The molecule has 2 aromatic heterocycles. The quantitative estimate of drug-likeness (QED) is 0.272. The monoisotopic (exact) mass is 522 g/mol.